The molecular weight excluding hydrogens is 498 g/mol. The van der Waals surface area contributed by atoms with Crippen molar-refractivity contribution in [2.45, 2.75) is 40.0 Å². The number of carboxylic acid groups (broad SMARTS) is 1. The van der Waals surface area contributed by atoms with E-state index in [1.165, 1.54) is 4.57 Å². The number of nitrogens with one attached hydrogen (secondary N) is 1. The maximum atomic E-state index is 13.5. The van der Waals surface area contributed by atoms with Crippen molar-refractivity contribution >= 4 is 29.2 Å². The second-order valence-electron chi connectivity index (χ2n) is 9.55. The average Bonchev–Trinajstić information content (AvgIpc) is 2.79. The molecule has 0 aliphatic carbocycles. The van der Waals surface area contributed by atoms with Crippen LogP contribution in [0.4, 0.5) is 11.6 Å². The normalized spacial score (nSPS) is 14.0. The Morgan fingerprint density at radius 3 is 2.49 bits per heavy atom. The molecule has 1 aliphatic rings. The van der Waals surface area contributed by atoms with Gasteiger partial charge in [-0.05, 0) is 62.2 Å². The summed E-state index contributed by atoms with van der Waals surface area (Å²) >= 11 is 6.02. The van der Waals surface area contributed by atoms with E-state index < -0.39 is 17.3 Å². The molecule has 11 heteroatoms. The number of likely N-dealkylation sites (tertiary alicyclic amines) is 1. The third-order valence-electron chi connectivity index (χ3n) is 6.03. The number of aromatic nitrogens is 3. The van der Waals surface area contributed by atoms with Crippen LogP contribution in [0.5, 0.6) is 5.75 Å². The highest BCUT2D eigenvalue weighted by atomic mass is 35.5. The van der Waals surface area contributed by atoms with Crippen LogP contribution in [0.15, 0.2) is 52.1 Å². The first-order valence-electron chi connectivity index (χ1n) is 12.0. The molecule has 1 aromatic heterocycles. The first-order valence-corrected chi connectivity index (χ1v) is 12.4. The van der Waals surface area contributed by atoms with Gasteiger partial charge in [-0.25, -0.2) is 14.2 Å². The Labute approximate surface area is 219 Å². The Bertz CT molecular complexity index is 1390. The fourth-order valence-corrected chi connectivity index (χ4v) is 4.44. The quantitative estimate of drug-likeness (QED) is 0.413. The van der Waals surface area contributed by atoms with Crippen LogP contribution in [-0.4, -0.2) is 55.8 Å². The molecule has 0 atom stereocenters. The first-order chi connectivity index (χ1) is 17.6. The number of hydrogen-bond donors (Lipinski definition) is 2. The van der Waals surface area contributed by atoms with E-state index in [0.29, 0.717) is 23.8 Å². The molecule has 0 amide bonds. The molecule has 0 radical (unpaired) electrons. The SMILES string of the molecule is Cc1cc(Nc2nc(=O)n(CC3CN(CC(=O)O)C3)c(=O)n2Cc2ccc(Cl)cc2)ccc1OC(C)C. The predicted molar refractivity (Wildman–Crippen MR) is 141 cm³/mol. The number of hydrogen-bond acceptors (Lipinski definition) is 7. The van der Waals surface area contributed by atoms with Gasteiger partial charge >= 0.3 is 17.3 Å². The van der Waals surface area contributed by atoms with Crippen LogP contribution < -0.4 is 21.4 Å². The van der Waals surface area contributed by atoms with Crippen molar-refractivity contribution in [1.82, 2.24) is 19.0 Å². The summed E-state index contributed by atoms with van der Waals surface area (Å²) in [6, 6.07) is 12.6. The van der Waals surface area contributed by atoms with Crippen LogP contribution in [0.2, 0.25) is 5.02 Å². The lowest BCUT2D eigenvalue weighted by molar-refractivity contribution is -0.140. The second kappa shape index (κ2) is 11.2. The molecule has 1 fully saturated rings. The van der Waals surface area contributed by atoms with Crippen LogP contribution in [-0.2, 0) is 17.9 Å². The highest BCUT2D eigenvalue weighted by Gasteiger charge is 2.29. The van der Waals surface area contributed by atoms with E-state index in [2.05, 4.69) is 10.3 Å². The summed E-state index contributed by atoms with van der Waals surface area (Å²) in [7, 11) is 0. The fourth-order valence-electron chi connectivity index (χ4n) is 4.31. The van der Waals surface area contributed by atoms with E-state index in [1.807, 2.05) is 45.0 Å². The summed E-state index contributed by atoms with van der Waals surface area (Å²) in [6.45, 7) is 7.10. The maximum absolute atomic E-state index is 13.5. The lowest BCUT2D eigenvalue weighted by Crippen LogP contribution is -2.53. The third kappa shape index (κ3) is 6.58. The Morgan fingerprint density at radius 2 is 1.86 bits per heavy atom. The molecule has 0 bridgehead atoms. The van der Waals surface area contributed by atoms with Crippen LogP contribution in [0.25, 0.3) is 0 Å². The van der Waals surface area contributed by atoms with Crippen molar-refractivity contribution in [2.75, 3.05) is 25.0 Å². The highest BCUT2D eigenvalue weighted by molar-refractivity contribution is 6.30. The van der Waals surface area contributed by atoms with E-state index in [1.54, 1.807) is 23.1 Å². The predicted octanol–water partition coefficient (Wildman–Crippen LogP) is 2.96. The minimum absolute atomic E-state index is 0.00880. The van der Waals surface area contributed by atoms with Gasteiger partial charge in [0.05, 0.1) is 19.2 Å². The summed E-state index contributed by atoms with van der Waals surface area (Å²) < 4.78 is 8.34. The van der Waals surface area contributed by atoms with Gasteiger partial charge in [0.2, 0.25) is 5.95 Å². The smallest absolute Gasteiger partial charge is 0.354 e. The molecule has 0 saturated carbocycles. The van der Waals surface area contributed by atoms with Crippen LogP contribution in [0, 0.1) is 12.8 Å². The van der Waals surface area contributed by atoms with E-state index in [-0.39, 0.29) is 37.6 Å². The Morgan fingerprint density at radius 1 is 1.16 bits per heavy atom. The number of aryl methyl sites for hydroxylation is 1. The van der Waals surface area contributed by atoms with Crippen molar-refractivity contribution in [1.29, 1.82) is 0 Å². The van der Waals surface area contributed by atoms with Crippen molar-refractivity contribution < 1.29 is 14.6 Å². The highest BCUT2D eigenvalue weighted by Crippen LogP contribution is 2.25. The standard InChI is InChI=1S/C26H30ClN5O5/c1-16(2)37-22-9-8-21(10-17(22)3)28-24-29-25(35)32(14-19-11-30(12-19)15-23(33)34)26(36)31(24)13-18-4-6-20(27)7-5-18/h4-10,16,19H,11-15H2,1-3H3,(H,33,34)(H,28,29,35). The second-order valence-corrected chi connectivity index (χ2v) is 9.99. The average molecular weight is 528 g/mol. The largest absolute Gasteiger partial charge is 0.491 e. The number of benzene rings is 2. The third-order valence-corrected chi connectivity index (χ3v) is 6.28. The van der Waals surface area contributed by atoms with E-state index >= 15 is 0 Å². The molecule has 1 aliphatic heterocycles. The molecule has 2 aromatic carbocycles. The van der Waals surface area contributed by atoms with Gasteiger partial charge in [0.25, 0.3) is 0 Å². The zero-order valence-corrected chi connectivity index (χ0v) is 21.7. The monoisotopic (exact) mass is 527 g/mol. The molecule has 3 aromatic rings. The Balaban J connectivity index is 1.65. The maximum Gasteiger partial charge on any atom is 0.354 e. The summed E-state index contributed by atoms with van der Waals surface area (Å²) in [6.07, 6.45) is 0.0307. The minimum atomic E-state index is -0.905. The first kappa shape index (κ1) is 26.4. The molecule has 1 saturated heterocycles. The Kier molecular flexibility index (Phi) is 7.99. The zero-order valence-electron chi connectivity index (χ0n) is 21.0. The van der Waals surface area contributed by atoms with E-state index in [4.69, 9.17) is 21.4 Å². The number of anilines is 2. The zero-order chi connectivity index (χ0) is 26.7. The lowest BCUT2D eigenvalue weighted by atomic mass is 10.0. The number of aliphatic carboxylic acids is 1. The van der Waals surface area contributed by atoms with Gasteiger partial charge in [-0.3, -0.25) is 14.3 Å². The van der Waals surface area contributed by atoms with Crippen LogP contribution in [0.3, 0.4) is 0 Å². The Hall–Kier alpha value is -3.63. The fraction of sp³-hybridized carbons (Fsp3) is 0.385. The van der Waals surface area contributed by atoms with Gasteiger partial charge in [0.15, 0.2) is 0 Å². The molecule has 196 valence electrons. The lowest BCUT2D eigenvalue weighted by Gasteiger charge is -2.38. The molecular formula is C26H30ClN5O5. The van der Waals surface area contributed by atoms with Gasteiger partial charge in [0, 0.05) is 36.3 Å². The molecule has 10 nitrogen and oxygen atoms in total. The van der Waals surface area contributed by atoms with Crippen LogP contribution >= 0.6 is 11.6 Å². The molecule has 37 heavy (non-hydrogen) atoms. The summed E-state index contributed by atoms with van der Waals surface area (Å²) in [5, 5.41) is 12.7. The van der Waals surface area contributed by atoms with Gasteiger partial charge in [-0.1, -0.05) is 23.7 Å². The van der Waals surface area contributed by atoms with Gasteiger partial charge in [0.1, 0.15) is 5.75 Å². The summed E-state index contributed by atoms with van der Waals surface area (Å²) in [5.41, 5.74) is 1.22. The topological polar surface area (TPSA) is 119 Å². The molecule has 0 unspecified atom stereocenters. The number of nitrogens with zero attached hydrogens (tertiary/aromatic N) is 4. The van der Waals surface area contributed by atoms with Crippen molar-refractivity contribution in [3.05, 3.63) is 79.6 Å². The molecule has 0 spiro atoms. The molecule has 2 heterocycles. The van der Waals surface area contributed by atoms with Crippen molar-refractivity contribution in [3.63, 3.8) is 0 Å². The number of ether oxygens (including phenoxy) is 1. The number of carbonyl (C=O) groups is 1. The van der Waals surface area contributed by atoms with Gasteiger partial charge in [-0.15, -0.1) is 0 Å². The molecule has 4 rings (SSSR count). The van der Waals surface area contributed by atoms with E-state index in [9.17, 15) is 14.4 Å². The minimum Gasteiger partial charge on any atom is -0.491 e. The van der Waals surface area contributed by atoms with Crippen molar-refractivity contribution in [3.8, 4) is 5.75 Å². The van der Waals surface area contributed by atoms with Crippen LogP contribution in [0.1, 0.15) is 25.0 Å². The van der Waals surface area contributed by atoms with E-state index in [0.717, 1.165) is 21.4 Å². The summed E-state index contributed by atoms with van der Waals surface area (Å²) in [4.78, 5) is 43.3. The van der Waals surface area contributed by atoms with Gasteiger partial charge in [-0.2, -0.15) is 4.98 Å². The van der Waals surface area contributed by atoms with Crippen molar-refractivity contribution in [2.24, 2.45) is 5.92 Å². The van der Waals surface area contributed by atoms with Gasteiger partial charge < -0.3 is 15.2 Å². The molecule has 2 N–H and O–H groups in total. The summed E-state index contributed by atoms with van der Waals surface area (Å²) in [5.74, 6) is -0.0401. The number of halogens is 1. The number of carboxylic acids is 1. The number of rotatable bonds is 10.